The van der Waals surface area contributed by atoms with Crippen LogP contribution in [0.5, 0.6) is 0 Å². The number of thioether (sulfide) groups is 1. The van der Waals surface area contributed by atoms with Crippen molar-refractivity contribution in [2.75, 3.05) is 0 Å². The summed E-state index contributed by atoms with van der Waals surface area (Å²) in [6, 6.07) is 10.9. The summed E-state index contributed by atoms with van der Waals surface area (Å²) >= 11 is 1.75. The van der Waals surface area contributed by atoms with E-state index < -0.39 is 0 Å². The van der Waals surface area contributed by atoms with Crippen LogP contribution in [-0.4, -0.2) is 4.75 Å². The van der Waals surface area contributed by atoms with Gasteiger partial charge >= 0.3 is 0 Å². The molecule has 2 heteroatoms. The molecule has 0 spiro atoms. The SMILES string of the molecule is CC(C)c1ccccc1SC1(C#N)CC1. The Morgan fingerprint density at radius 1 is 1.33 bits per heavy atom. The fourth-order valence-electron chi connectivity index (χ4n) is 1.61. The molecule has 1 aliphatic carbocycles. The molecular weight excluding hydrogens is 202 g/mol. The number of hydrogen-bond donors (Lipinski definition) is 0. The Morgan fingerprint density at radius 2 is 2.00 bits per heavy atom. The predicted octanol–water partition coefficient (Wildman–Crippen LogP) is 3.96. The molecule has 0 heterocycles. The van der Waals surface area contributed by atoms with Crippen LogP contribution in [0, 0.1) is 11.3 Å². The van der Waals surface area contributed by atoms with Crippen molar-refractivity contribution in [3.63, 3.8) is 0 Å². The Morgan fingerprint density at radius 3 is 2.53 bits per heavy atom. The molecule has 0 radical (unpaired) electrons. The number of nitriles is 1. The van der Waals surface area contributed by atoms with Crippen LogP contribution in [0.25, 0.3) is 0 Å². The third kappa shape index (κ3) is 2.18. The second-order valence-corrected chi connectivity index (χ2v) is 5.83. The van der Waals surface area contributed by atoms with Crippen LogP contribution in [-0.2, 0) is 0 Å². The maximum Gasteiger partial charge on any atom is 0.107 e. The van der Waals surface area contributed by atoms with E-state index in [1.165, 1.54) is 10.5 Å². The third-order valence-corrected chi connectivity index (χ3v) is 4.24. The molecule has 2 rings (SSSR count). The zero-order valence-corrected chi connectivity index (χ0v) is 9.97. The summed E-state index contributed by atoms with van der Waals surface area (Å²) in [6.45, 7) is 4.40. The topological polar surface area (TPSA) is 23.8 Å². The molecule has 1 aliphatic rings. The van der Waals surface area contributed by atoms with Crippen molar-refractivity contribution >= 4 is 11.8 Å². The van der Waals surface area contributed by atoms with Crippen LogP contribution in [0.1, 0.15) is 38.2 Å². The Bertz CT molecular complexity index is 399. The normalized spacial score (nSPS) is 17.5. The maximum absolute atomic E-state index is 9.08. The summed E-state index contributed by atoms with van der Waals surface area (Å²) in [5, 5.41) is 9.08. The number of hydrogen-bond acceptors (Lipinski definition) is 2. The fourth-order valence-corrected chi connectivity index (χ4v) is 2.95. The highest BCUT2D eigenvalue weighted by atomic mass is 32.2. The summed E-state index contributed by atoms with van der Waals surface area (Å²) in [7, 11) is 0. The van der Waals surface area contributed by atoms with Crippen LogP contribution < -0.4 is 0 Å². The average molecular weight is 217 g/mol. The summed E-state index contributed by atoms with van der Waals surface area (Å²) in [5.74, 6) is 0.531. The van der Waals surface area contributed by atoms with E-state index in [9.17, 15) is 0 Å². The highest BCUT2D eigenvalue weighted by Crippen LogP contribution is 2.52. The van der Waals surface area contributed by atoms with E-state index in [4.69, 9.17) is 5.26 Å². The van der Waals surface area contributed by atoms with Gasteiger partial charge in [-0.25, -0.2) is 0 Å². The van der Waals surface area contributed by atoms with Gasteiger partial charge in [0, 0.05) is 4.90 Å². The van der Waals surface area contributed by atoms with Crippen molar-refractivity contribution in [3.05, 3.63) is 29.8 Å². The second kappa shape index (κ2) is 3.90. The largest absolute Gasteiger partial charge is 0.197 e. The molecule has 0 unspecified atom stereocenters. The first-order valence-corrected chi connectivity index (χ1v) is 6.18. The number of rotatable bonds is 3. The van der Waals surface area contributed by atoms with Gasteiger partial charge < -0.3 is 0 Å². The first-order valence-electron chi connectivity index (χ1n) is 5.36. The lowest BCUT2D eigenvalue weighted by molar-refractivity contribution is 0.841. The van der Waals surface area contributed by atoms with Gasteiger partial charge in [-0.3, -0.25) is 0 Å². The zero-order chi connectivity index (χ0) is 10.9. The summed E-state index contributed by atoms with van der Waals surface area (Å²) in [4.78, 5) is 1.28. The van der Waals surface area contributed by atoms with Crippen LogP contribution in [0.4, 0.5) is 0 Å². The van der Waals surface area contributed by atoms with Crippen molar-refractivity contribution in [1.29, 1.82) is 5.26 Å². The van der Waals surface area contributed by atoms with Crippen molar-refractivity contribution in [2.24, 2.45) is 0 Å². The van der Waals surface area contributed by atoms with Gasteiger partial charge in [0.25, 0.3) is 0 Å². The highest BCUT2D eigenvalue weighted by Gasteiger charge is 2.44. The van der Waals surface area contributed by atoms with Crippen LogP contribution in [0.3, 0.4) is 0 Å². The molecule has 0 amide bonds. The number of nitrogens with zero attached hydrogens (tertiary/aromatic N) is 1. The van der Waals surface area contributed by atoms with E-state index in [1.54, 1.807) is 11.8 Å². The molecular formula is C13H15NS. The van der Waals surface area contributed by atoms with Gasteiger partial charge in [0.1, 0.15) is 4.75 Å². The van der Waals surface area contributed by atoms with Crippen LogP contribution in [0.2, 0.25) is 0 Å². The molecule has 0 bridgehead atoms. The molecule has 15 heavy (non-hydrogen) atoms. The van der Waals surface area contributed by atoms with Crippen LogP contribution in [0.15, 0.2) is 29.2 Å². The van der Waals surface area contributed by atoms with Gasteiger partial charge in [-0.15, -0.1) is 11.8 Å². The highest BCUT2D eigenvalue weighted by molar-refractivity contribution is 8.01. The molecule has 0 aliphatic heterocycles. The Balaban J connectivity index is 2.25. The van der Waals surface area contributed by atoms with E-state index in [1.807, 2.05) is 0 Å². The lowest BCUT2D eigenvalue weighted by atomic mass is 10.0. The van der Waals surface area contributed by atoms with E-state index in [2.05, 4.69) is 44.2 Å². The van der Waals surface area contributed by atoms with Gasteiger partial charge in [0.15, 0.2) is 0 Å². The first kappa shape index (κ1) is 10.6. The zero-order valence-electron chi connectivity index (χ0n) is 9.16. The predicted molar refractivity (Wildman–Crippen MR) is 64.0 cm³/mol. The Hall–Kier alpha value is -0.940. The average Bonchev–Trinajstić information content (AvgIpc) is 2.99. The summed E-state index contributed by atoms with van der Waals surface area (Å²) in [6.07, 6.45) is 2.08. The molecule has 0 saturated heterocycles. The quantitative estimate of drug-likeness (QED) is 0.765. The standard InChI is InChI=1S/C13H15NS/c1-10(2)11-5-3-4-6-12(11)15-13(9-14)7-8-13/h3-6,10H,7-8H2,1-2H3. The van der Waals surface area contributed by atoms with Gasteiger partial charge in [0.05, 0.1) is 6.07 Å². The molecule has 1 nitrogen and oxygen atoms in total. The fraction of sp³-hybridized carbons (Fsp3) is 0.462. The molecule has 1 saturated carbocycles. The molecule has 0 N–H and O–H groups in total. The summed E-state index contributed by atoms with van der Waals surface area (Å²) in [5.41, 5.74) is 1.36. The van der Waals surface area contributed by atoms with Crippen molar-refractivity contribution in [2.45, 2.75) is 42.2 Å². The van der Waals surface area contributed by atoms with Gasteiger partial charge in [-0.1, -0.05) is 32.0 Å². The molecule has 0 atom stereocenters. The van der Waals surface area contributed by atoms with Crippen LogP contribution >= 0.6 is 11.8 Å². The maximum atomic E-state index is 9.08. The molecule has 0 aromatic heterocycles. The minimum absolute atomic E-state index is 0.106. The molecule has 78 valence electrons. The minimum atomic E-state index is -0.106. The van der Waals surface area contributed by atoms with E-state index >= 15 is 0 Å². The van der Waals surface area contributed by atoms with Gasteiger partial charge in [-0.2, -0.15) is 5.26 Å². The summed E-state index contributed by atoms with van der Waals surface area (Å²) < 4.78 is -0.106. The van der Waals surface area contributed by atoms with Gasteiger partial charge in [0.2, 0.25) is 0 Å². The van der Waals surface area contributed by atoms with E-state index in [0.29, 0.717) is 5.92 Å². The van der Waals surface area contributed by atoms with E-state index in [-0.39, 0.29) is 4.75 Å². The second-order valence-electron chi connectivity index (χ2n) is 4.40. The van der Waals surface area contributed by atoms with Crippen molar-refractivity contribution in [1.82, 2.24) is 0 Å². The monoisotopic (exact) mass is 217 g/mol. The van der Waals surface area contributed by atoms with Gasteiger partial charge in [-0.05, 0) is 30.4 Å². The Kier molecular flexibility index (Phi) is 2.75. The first-order chi connectivity index (χ1) is 7.17. The molecule has 1 aromatic rings. The minimum Gasteiger partial charge on any atom is -0.197 e. The smallest absolute Gasteiger partial charge is 0.107 e. The van der Waals surface area contributed by atoms with E-state index in [0.717, 1.165) is 12.8 Å². The van der Waals surface area contributed by atoms with Crippen molar-refractivity contribution < 1.29 is 0 Å². The molecule has 1 fully saturated rings. The number of benzene rings is 1. The molecule has 1 aromatic carbocycles. The lowest BCUT2D eigenvalue weighted by Crippen LogP contribution is -1.99. The lowest BCUT2D eigenvalue weighted by Gasteiger charge is -2.13. The van der Waals surface area contributed by atoms with Crippen molar-refractivity contribution in [3.8, 4) is 6.07 Å². The Labute approximate surface area is 95.5 Å². The third-order valence-electron chi connectivity index (χ3n) is 2.75.